The lowest BCUT2D eigenvalue weighted by Crippen LogP contribution is -2.43. The van der Waals surface area contributed by atoms with Crippen molar-refractivity contribution in [3.05, 3.63) is 54.5 Å². The van der Waals surface area contributed by atoms with Gasteiger partial charge in [-0.25, -0.2) is 9.67 Å². The Labute approximate surface area is 169 Å². The summed E-state index contributed by atoms with van der Waals surface area (Å²) in [6.45, 7) is 1.51. The van der Waals surface area contributed by atoms with Crippen molar-refractivity contribution in [2.75, 3.05) is 10.6 Å². The summed E-state index contributed by atoms with van der Waals surface area (Å²) in [6.07, 6.45) is 9.48. The molecule has 0 amide bonds. The fourth-order valence-electron chi connectivity index (χ4n) is 3.56. The third-order valence-corrected chi connectivity index (χ3v) is 5.20. The number of benzene rings is 1. The first kappa shape index (κ1) is 19.1. The van der Waals surface area contributed by atoms with Crippen molar-refractivity contribution in [1.29, 1.82) is 0 Å². The minimum absolute atomic E-state index is 0.0890. The van der Waals surface area contributed by atoms with Gasteiger partial charge in [-0.1, -0.05) is 12.8 Å². The number of Topliss-reactive ketones (excluding diaryl/α,β-unsaturated/α-hetero) is 1. The highest BCUT2D eigenvalue weighted by atomic mass is 16.1. The molecule has 1 aliphatic rings. The Hall–Kier alpha value is -3.26. The van der Waals surface area contributed by atoms with Crippen LogP contribution in [0.4, 0.5) is 17.5 Å². The van der Waals surface area contributed by atoms with Crippen LogP contribution < -0.4 is 16.4 Å². The Balaban J connectivity index is 1.55. The SMILES string of the molecule is CC(=O)c1cnc(N[C@@H]2CCCC[C@@H]2N)nc1Nc1ccc(-n2cccn2)cc1. The number of carbonyl (C=O) groups excluding carboxylic acids is 1. The molecular weight excluding hydrogens is 366 g/mol. The van der Waals surface area contributed by atoms with Crippen LogP contribution in [0.25, 0.3) is 5.69 Å². The first-order valence-corrected chi connectivity index (χ1v) is 9.87. The van der Waals surface area contributed by atoms with Gasteiger partial charge in [0.2, 0.25) is 5.95 Å². The van der Waals surface area contributed by atoms with Crippen molar-refractivity contribution in [2.24, 2.45) is 5.73 Å². The van der Waals surface area contributed by atoms with E-state index in [9.17, 15) is 4.79 Å². The third kappa shape index (κ3) is 4.43. The molecule has 8 heteroatoms. The number of hydrogen-bond acceptors (Lipinski definition) is 7. The van der Waals surface area contributed by atoms with E-state index in [1.54, 1.807) is 17.1 Å². The molecule has 8 nitrogen and oxygen atoms in total. The zero-order valence-corrected chi connectivity index (χ0v) is 16.4. The van der Waals surface area contributed by atoms with Crippen LogP contribution in [0.3, 0.4) is 0 Å². The fourth-order valence-corrected chi connectivity index (χ4v) is 3.56. The van der Waals surface area contributed by atoms with Gasteiger partial charge in [-0.15, -0.1) is 0 Å². The molecule has 0 saturated heterocycles. The molecule has 3 aromatic rings. The monoisotopic (exact) mass is 391 g/mol. The largest absolute Gasteiger partial charge is 0.350 e. The van der Waals surface area contributed by atoms with Gasteiger partial charge in [0.15, 0.2) is 5.78 Å². The van der Waals surface area contributed by atoms with Gasteiger partial charge < -0.3 is 16.4 Å². The van der Waals surface area contributed by atoms with E-state index in [1.165, 1.54) is 6.92 Å². The Morgan fingerprint density at radius 1 is 1.21 bits per heavy atom. The highest BCUT2D eigenvalue weighted by Gasteiger charge is 2.23. The Morgan fingerprint density at radius 3 is 2.69 bits per heavy atom. The van der Waals surface area contributed by atoms with E-state index in [2.05, 4.69) is 25.7 Å². The van der Waals surface area contributed by atoms with E-state index >= 15 is 0 Å². The Kier molecular flexibility index (Phi) is 5.53. The van der Waals surface area contributed by atoms with Crippen molar-refractivity contribution in [3.63, 3.8) is 0 Å². The van der Waals surface area contributed by atoms with Crippen molar-refractivity contribution in [1.82, 2.24) is 19.7 Å². The van der Waals surface area contributed by atoms with Crippen LogP contribution in [-0.4, -0.2) is 37.6 Å². The molecule has 4 rings (SSSR count). The molecule has 1 fully saturated rings. The molecule has 150 valence electrons. The molecule has 29 heavy (non-hydrogen) atoms. The molecule has 1 aromatic carbocycles. The first-order valence-electron chi connectivity index (χ1n) is 9.87. The summed E-state index contributed by atoms with van der Waals surface area (Å²) in [5.41, 5.74) is 8.44. The second kappa shape index (κ2) is 8.40. The summed E-state index contributed by atoms with van der Waals surface area (Å²) >= 11 is 0. The van der Waals surface area contributed by atoms with Crippen LogP contribution in [0.1, 0.15) is 43.0 Å². The van der Waals surface area contributed by atoms with Gasteiger partial charge in [0.05, 0.1) is 11.3 Å². The lowest BCUT2D eigenvalue weighted by molar-refractivity contribution is 0.101. The van der Waals surface area contributed by atoms with E-state index in [1.807, 2.05) is 36.5 Å². The van der Waals surface area contributed by atoms with Gasteiger partial charge in [-0.05, 0) is 50.1 Å². The summed E-state index contributed by atoms with van der Waals surface area (Å²) in [5, 5.41) is 10.8. The molecule has 0 aliphatic heterocycles. The summed E-state index contributed by atoms with van der Waals surface area (Å²) < 4.78 is 1.78. The average molecular weight is 391 g/mol. The third-order valence-electron chi connectivity index (χ3n) is 5.20. The predicted molar refractivity (Wildman–Crippen MR) is 113 cm³/mol. The highest BCUT2D eigenvalue weighted by molar-refractivity contribution is 5.99. The van der Waals surface area contributed by atoms with Crippen LogP contribution in [-0.2, 0) is 0 Å². The summed E-state index contributed by atoms with van der Waals surface area (Å²) in [4.78, 5) is 20.9. The van der Waals surface area contributed by atoms with Crippen molar-refractivity contribution < 1.29 is 4.79 Å². The number of ketones is 1. The molecule has 0 radical (unpaired) electrons. The van der Waals surface area contributed by atoms with Crippen LogP contribution >= 0.6 is 0 Å². The van der Waals surface area contributed by atoms with E-state index in [0.717, 1.165) is 37.1 Å². The number of rotatable bonds is 6. The lowest BCUT2D eigenvalue weighted by Gasteiger charge is -2.29. The first-order chi connectivity index (χ1) is 14.1. The molecule has 4 N–H and O–H groups in total. The molecule has 2 atom stereocenters. The van der Waals surface area contributed by atoms with Crippen molar-refractivity contribution in [3.8, 4) is 5.69 Å². The van der Waals surface area contributed by atoms with E-state index in [0.29, 0.717) is 17.3 Å². The number of carbonyl (C=O) groups is 1. The summed E-state index contributed by atoms with van der Waals surface area (Å²) in [5.74, 6) is 0.862. The highest BCUT2D eigenvalue weighted by Crippen LogP contribution is 2.24. The van der Waals surface area contributed by atoms with Crippen LogP contribution in [0.5, 0.6) is 0 Å². The van der Waals surface area contributed by atoms with Crippen LogP contribution in [0, 0.1) is 0 Å². The maximum absolute atomic E-state index is 12.0. The molecule has 1 saturated carbocycles. The number of nitrogens with two attached hydrogens (primary N) is 1. The predicted octanol–water partition coefficient (Wildman–Crippen LogP) is 3.29. The fraction of sp³-hybridized carbons (Fsp3) is 0.333. The van der Waals surface area contributed by atoms with Gasteiger partial charge in [-0.2, -0.15) is 10.1 Å². The standard InChI is InChI=1S/C21H25N7O/c1-14(29)17-13-23-21(26-19-6-3-2-5-18(19)22)27-20(17)25-15-7-9-16(10-8-15)28-12-4-11-24-28/h4,7-13,18-19H,2-3,5-6,22H2,1H3,(H2,23,25,26,27)/t18-,19+/m0/s1. The summed E-state index contributed by atoms with van der Waals surface area (Å²) in [6, 6.07) is 9.85. The van der Waals surface area contributed by atoms with Crippen molar-refractivity contribution >= 4 is 23.2 Å². The second-order valence-electron chi connectivity index (χ2n) is 7.33. The van der Waals surface area contributed by atoms with Gasteiger partial charge in [0, 0.05) is 36.4 Å². The zero-order chi connectivity index (χ0) is 20.2. The van der Waals surface area contributed by atoms with Gasteiger partial charge in [-0.3, -0.25) is 4.79 Å². The lowest BCUT2D eigenvalue weighted by atomic mass is 9.91. The number of hydrogen-bond donors (Lipinski definition) is 3. The quantitative estimate of drug-likeness (QED) is 0.553. The minimum atomic E-state index is -0.0958. The summed E-state index contributed by atoms with van der Waals surface area (Å²) in [7, 11) is 0. The number of aromatic nitrogens is 4. The number of nitrogens with one attached hydrogen (secondary N) is 2. The molecule has 0 bridgehead atoms. The van der Waals surface area contributed by atoms with Crippen molar-refractivity contribution in [2.45, 2.75) is 44.7 Å². The number of anilines is 3. The Morgan fingerprint density at radius 2 is 2.00 bits per heavy atom. The average Bonchev–Trinajstić information content (AvgIpc) is 3.25. The number of nitrogens with zero attached hydrogens (tertiary/aromatic N) is 4. The van der Waals surface area contributed by atoms with Crippen LogP contribution in [0.15, 0.2) is 48.9 Å². The van der Waals surface area contributed by atoms with E-state index in [-0.39, 0.29) is 17.9 Å². The molecule has 0 unspecified atom stereocenters. The minimum Gasteiger partial charge on any atom is -0.350 e. The molecular formula is C21H25N7O. The molecule has 2 heterocycles. The van der Waals surface area contributed by atoms with Gasteiger partial charge in [0.1, 0.15) is 5.82 Å². The molecule has 2 aromatic heterocycles. The molecule has 0 spiro atoms. The van der Waals surface area contributed by atoms with Crippen LogP contribution in [0.2, 0.25) is 0 Å². The van der Waals surface area contributed by atoms with E-state index < -0.39 is 0 Å². The molecule has 1 aliphatic carbocycles. The Bertz CT molecular complexity index is 969. The van der Waals surface area contributed by atoms with E-state index in [4.69, 9.17) is 5.73 Å². The smallest absolute Gasteiger partial charge is 0.224 e. The topological polar surface area (TPSA) is 111 Å². The maximum Gasteiger partial charge on any atom is 0.224 e. The van der Waals surface area contributed by atoms with Gasteiger partial charge >= 0.3 is 0 Å². The zero-order valence-electron chi connectivity index (χ0n) is 16.4. The van der Waals surface area contributed by atoms with Gasteiger partial charge in [0.25, 0.3) is 0 Å². The normalized spacial score (nSPS) is 19.0. The maximum atomic E-state index is 12.0. The second-order valence-corrected chi connectivity index (χ2v) is 7.33.